The minimum absolute atomic E-state index is 0.0428. The van der Waals surface area contributed by atoms with Gasteiger partial charge in [-0.05, 0) is 38.3 Å². The van der Waals surface area contributed by atoms with Crippen molar-refractivity contribution in [3.63, 3.8) is 0 Å². The number of carbonyl (C=O) groups is 1. The number of hydrogen-bond acceptors (Lipinski definition) is 3. The second-order valence-electron chi connectivity index (χ2n) is 5.63. The maximum absolute atomic E-state index is 12.1. The summed E-state index contributed by atoms with van der Waals surface area (Å²) in [5.74, 6) is 0.634. The van der Waals surface area contributed by atoms with Crippen LogP contribution in [0.1, 0.15) is 44.6 Å². The summed E-state index contributed by atoms with van der Waals surface area (Å²) in [4.78, 5) is 12.1. The van der Waals surface area contributed by atoms with Gasteiger partial charge in [-0.15, -0.1) is 0 Å². The first-order valence-electron chi connectivity index (χ1n) is 7.39. The van der Waals surface area contributed by atoms with Crippen molar-refractivity contribution in [2.75, 3.05) is 5.73 Å². The Balaban J connectivity index is 1.91. The Hall–Kier alpha value is -1.71. The zero-order valence-electron chi connectivity index (χ0n) is 12.3. The molecule has 1 aromatic rings. The van der Waals surface area contributed by atoms with Crippen molar-refractivity contribution in [2.24, 2.45) is 0 Å². The lowest BCUT2D eigenvalue weighted by Gasteiger charge is -2.25. The molecule has 1 aromatic carbocycles. The number of aryl methyl sites for hydroxylation is 1. The van der Waals surface area contributed by atoms with Gasteiger partial charge in [0.2, 0.25) is 0 Å². The van der Waals surface area contributed by atoms with E-state index in [1.54, 1.807) is 13.0 Å². The Morgan fingerprint density at radius 3 is 2.75 bits per heavy atom. The molecule has 1 atom stereocenters. The molecule has 3 N–H and O–H groups in total. The van der Waals surface area contributed by atoms with Crippen LogP contribution in [0.2, 0.25) is 0 Å². The van der Waals surface area contributed by atoms with Crippen molar-refractivity contribution < 1.29 is 9.53 Å². The normalized spacial score (nSPS) is 17.5. The van der Waals surface area contributed by atoms with E-state index in [1.165, 1.54) is 19.3 Å². The number of nitrogens with one attached hydrogen (secondary N) is 1. The molecule has 1 unspecified atom stereocenters. The molecule has 1 aliphatic carbocycles. The summed E-state index contributed by atoms with van der Waals surface area (Å²) >= 11 is 0. The fourth-order valence-electron chi connectivity index (χ4n) is 2.55. The van der Waals surface area contributed by atoms with Crippen LogP contribution in [0.4, 0.5) is 5.69 Å². The number of ether oxygens (including phenoxy) is 1. The third-order valence-electron chi connectivity index (χ3n) is 3.84. The van der Waals surface area contributed by atoms with Crippen LogP contribution in [0.3, 0.4) is 0 Å². The first kappa shape index (κ1) is 14.7. The lowest BCUT2D eigenvalue weighted by atomic mass is 9.95. The molecule has 1 fully saturated rings. The second kappa shape index (κ2) is 6.64. The number of amides is 1. The summed E-state index contributed by atoms with van der Waals surface area (Å²) in [5, 5.41) is 3.08. The molecule has 0 heterocycles. The lowest BCUT2D eigenvalue weighted by molar-refractivity contribution is -0.128. The van der Waals surface area contributed by atoms with Gasteiger partial charge in [0.25, 0.3) is 5.91 Å². The van der Waals surface area contributed by atoms with E-state index < -0.39 is 6.10 Å². The zero-order valence-corrected chi connectivity index (χ0v) is 12.3. The van der Waals surface area contributed by atoms with E-state index in [0.29, 0.717) is 17.5 Å². The first-order valence-corrected chi connectivity index (χ1v) is 7.39. The van der Waals surface area contributed by atoms with Gasteiger partial charge in [0.1, 0.15) is 5.75 Å². The van der Waals surface area contributed by atoms with E-state index >= 15 is 0 Å². The summed E-state index contributed by atoms with van der Waals surface area (Å²) in [7, 11) is 0. The summed E-state index contributed by atoms with van der Waals surface area (Å²) < 4.78 is 5.74. The monoisotopic (exact) mass is 276 g/mol. The third-order valence-corrected chi connectivity index (χ3v) is 3.84. The molecule has 0 radical (unpaired) electrons. The molecule has 0 spiro atoms. The van der Waals surface area contributed by atoms with Crippen LogP contribution in [0.25, 0.3) is 0 Å². The number of carbonyl (C=O) groups excluding carboxylic acids is 1. The summed E-state index contributed by atoms with van der Waals surface area (Å²) in [5.41, 5.74) is 7.38. The van der Waals surface area contributed by atoms with E-state index in [1.807, 2.05) is 19.1 Å². The van der Waals surface area contributed by atoms with E-state index in [0.717, 1.165) is 18.4 Å². The van der Waals surface area contributed by atoms with Gasteiger partial charge in [0.05, 0.1) is 0 Å². The molecule has 4 nitrogen and oxygen atoms in total. The number of hydrogen-bond donors (Lipinski definition) is 2. The number of rotatable bonds is 4. The zero-order chi connectivity index (χ0) is 14.5. The standard InChI is InChI=1S/C16H24N2O2/c1-11-8-9-13(17)10-15(11)20-12(2)16(19)18-14-6-4-3-5-7-14/h8-10,12,14H,3-7,17H2,1-2H3,(H,18,19). The van der Waals surface area contributed by atoms with Crippen LogP contribution in [0, 0.1) is 6.92 Å². The number of nitrogens with two attached hydrogens (primary N) is 1. The molecule has 1 amide bonds. The third kappa shape index (κ3) is 3.89. The average Bonchev–Trinajstić information content (AvgIpc) is 2.44. The van der Waals surface area contributed by atoms with Crippen molar-refractivity contribution in [2.45, 2.75) is 58.1 Å². The highest BCUT2D eigenvalue weighted by Crippen LogP contribution is 2.22. The molecule has 4 heteroatoms. The van der Waals surface area contributed by atoms with Crippen molar-refractivity contribution in [3.8, 4) is 5.75 Å². The topological polar surface area (TPSA) is 64.3 Å². The number of anilines is 1. The molecule has 20 heavy (non-hydrogen) atoms. The molecule has 0 aliphatic heterocycles. The van der Waals surface area contributed by atoms with Gasteiger partial charge in [-0.25, -0.2) is 0 Å². The average molecular weight is 276 g/mol. The summed E-state index contributed by atoms with van der Waals surface area (Å²) in [6.07, 6.45) is 5.34. The van der Waals surface area contributed by atoms with Crippen molar-refractivity contribution in [1.82, 2.24) is 5.32 Å². The molecule has 2 rings (SSSR count). The fraction of sp³-hybridized carbons (Fsp3) is 0.562. The first-order chi connectivity index (χ1) is 9.56. The minimum Gasteiger partial charge on any atom is -0.481 e. The number of benzene rings is 1. The molecular formula is C16H24N2O2. The molecular weight excluding hydrogens is 252 g/mol. The van der Waals surface area contributed by atoms with Crippen molar-refractivity contribution in [1.29, 1.82) is 0 Å². The molecule has 0 saturated heterocycles. The second-order valence-corrected chi connectivity index (χ2v) is 5.63. The Labute approximate surface area is 120 Å². The lowest BCUT2D eigenvalue weighted by Crippen LogP contribution is -2.43. The van der Waals surface area contributed by atoms with Crippen molar-refractivity contribution >= 4 is 11.6 Å². The van der Waals surface area contributed by atoms with Gasteiger partial charge in [-0.2, -0.15) is 0 Å². The fourth-order valence-corrected chi connectivity index (χ4v) is 2.55. The van der Waals surface area contributed by atoms with Gasteiger partial charge < -0.3 is 15.8 Å². The van der Waals surface area contributed by atoms with Gasteiger partial charge >= 0.3 is 0 Å². The van der Waals surface area contributed by atoms with Gasteiger partial charge in [-0.3, -0.25) is 4.79 Å². The molecule has 110 valence electrons. The summed E-state index contributed by atoms with van der Waals surface area (Å²) in [6.45, 7) is 3.72. The highest BCUT2D eigenvalue weighted by molar-refractivity contribution is 5.81. The molecule has 0 bridgehead atoms. The maximum Gasteiger partial charge on any atom is 0.260 e. The Morgan fingerprint density at radius 2 is 2.05 bits per heavy atom. The predicted molar refractivity (Wildman–Crippen MR) is 80.7 cm³/mol. The molecule has 0 aromatic heterocycles. The van der Waals surface area contributed by atoms with E-state index in [4.69, 9.17) is 10.5 Å². The highest BCUT2D eigenvalue weighted by atomic mass is 16.5. The Morgan fingerprint density at radius 1 is 1.35 bits per heavy atom. The predicted octanol–water partition coefficient (Wildman–Crippen LogP) is 2.79. The van der Waals surface area contributed by atoms with Crippen LogP contribution in [-0.4, -0.2) is 18.1 Å². The Bertz CT molecular complexity index is 468. The van der Waals surface area contributed by atoms with Crippen LogP contribution < -0.4 is 15.8 Å². The van der Waals surface area contributed by atoms with E-state index in [-0.39, 0.29) is 5.91 Å². The summed E-state index contributed by atoms with van der Waals surface area (Å²) in [6, 6.07) is 5.80. The number of nitrogen functional groups attached to an aromatic ring is 1. The van der Waals surface area contributed by atoms with Crippen LogP contribution in [0.15, 0.2) is 18.2 Å². The molecule has 1 aliphatic rings. The van der Waals surface area contributed by atoms with Crippen molar-refractivity contribution in [3.05, 3.63) is 23.8 Å². The van der Waals surface area contributed by atoms with E-state index in [2.05, 4.69) is 5.32 Å². The minimum atomic E-state index is -0.502. The van der Waals surface area contributed by atoms with E-state index in [9.17, 15) is 4.79 Å². The van der Waals surface area contributed by atoms with Crippen LogP contribution in [-0.2, 0) is 4.79 Å². The van der Waals surface area contributed by atoms with Gasteiger partial charge in [0.15, 0.2) is 6.10 Å². The molecule has 1 saturated carbocycles. The van der Waals surface area contributed by atoms with Crippen LogP contribution in [0.5, 0.6) is 5.75 Å². The highest BCUT2D eigenvalue weighted by Gasteiger charge is 2.21. The largest absolute Gasteiger partial charge is 0.481 e. The SMILES string of the molecule is Cc1ccc(N)cc1OC(C)C(=O)NC1CCCCC1. The Kier molecular flexibility index (Phi) is 4.88. The quantitative estimate of drug-likeness (QED) is 0.831. The van der Waals surface area contributed by atoms with Gasteiger partial charge in [-0.1, -0.05) is 25.3 Å². The van der Waals surface area contributed by atoms with Gasteiger partial charge in [0, 0.05) is 17.8 Å². The maximum atomic E-state index is 12.1. The van der Waals surface area contributed by atoms with Crippen LogP contribution >= 0.6 is 0 Å². The smallest absolute Gasteiger partial charge is 0.260 e.